The molecule has 1 unspecified atom stereocenters. The van der Waals surface area contributed by atoms with Gasteiger partial charge >= 0.3 is 0 Å². The fraction of sp³-hybridized carbons (Fsp3) is 1.00. The molecule has 0 N–H and O–H groups in total. The first kappa shape index (κ1) is 12.4. The second-order valence-corrected chi connectivity index (χ2v) is 3.52. The van der Waals surface area contributed by atoms with Crippen molar-refractivity contribution in [3.05, 3.63) is 0 Å². The molecule has 0 saturated heterocycles. The molecule has 0 radical (unpaired) electrons. The summed E-state index contributed by atoms with van der Waals surface area (Å²) in [6.45, 7) is 4.46. The molecule has 0 aromatic carbocycles. The normalized spacial score (nSPS) is 13.2. The molecule has 0 spiro atoms. The maximum atomic E-state index is 5.42. The molecule has 2 nitrogen and oxygen atoms in total. The smallest absolute Gasteiger partial charge is 0.0700 e. The first-order chi connectivity index (χ1) is 5.85. The van der Waals surface area contributed by atoms with Crippen LogP contribution in [0.4, 0.5) is 0 Å². The second-order valence-electron chi connectivity index (χ2n) is 2.88. The quantitative estimate of drug-likeness (QED) is 0.478. The number of hydrogen-bond acceptors (Lipinski definition) is 2. The van der Waals surface area contributed by atoms with E-state index in [2.05, 4.69) is 22.9 Å². The maximum absolute atomic E-state index is 5.42. The molecule has 0 bridgehead atoms. The molecule has 1 atom stereocenters. The molecule has 0 aliphatic rings. The van der Waals surface area contributed by atoms with Crippen LogP contribution in [-0.2, 0) is 9.47 Å². The molecule has 0 aliphatic carbocycles. The lowest BCUT2D eigenvalue weighted by Crippen LogP contribution is -2.13. The van der Waals surface area contributed by atoms with Crippen molar-refractivity contribution in [1.29, 1.82) is 0 Å². The predicted molar refractivity (Wildman–Crippen MR) is 54.9 cm³/mol. The van der Waals surface area contributed by atoms with E-state index >= 15 is 0 Å². The Kier molecular flexibility index (Phi) is 9.80. The summed E-state index contributed by atoms with van der Waals surface area (Å²) in [6, 6.07) is 0. The molecule has 0 amide bonds. The van der Waals surface area contributed by atoms with Gasteiger partial charge in [-0.2, -0.15) is 0 Å². The van der Waals surface area contributed by atoms with Crippen molar-refractivity contribution in [2.45, 2.75) is 19.8 Å². The Morgan fingerprint density at radius 2 is 2.08 bits per heavy atom. The van der Waals surface area contributed by atoms with Gasteiger partial charge < -0.3 is 9.47 Å². The summed E-state index contributed by atoms with van der Waals surface area (Å²) in [4.78, 5) is 0. The summed E-state index contributed by atoms with van der Waals surface area (Å²) in [5, 5.41) is 1.04. The SMILES string of the molecule is CCCC(CBr)COCCOC. The summed E-state index contributed by atoms with van der Waals surface area (Å²) in [5.41, 5.74) is 0. The summed E-state index contributed by atoms with van der Waals surface area (Å²) in [6.07, 6.45) is 2.46. The van der Waals surface area contributed by atoms with Crippen LogP contribution in [0, 0.1) is 5.92 Å². The van der Waals surface area contributed by atoms with Gasteiger partial charge in [0.05, 0.1) is 19.8 Å². The average Bonchev–Trinajstić information content (AvgIpc) is 2.10. The van der Waals surface area contributed by atoms with Crippen molar-refractivity contribution < 1.29 is 9.47 Å². The molecular formula is C9H19BrO2. The van der Waals surface area contributed by atoms with E-state index in [0.29, 0.717) is 19.1 Å². The standard InChI is InChI=1S/C9H19BrO2/c1-3-4-9(7-10)8-12-6-5-11-2/h9H,3-8H2,1-2H3. The van der Waals surface area contributed by atoms with Gasteiger partial charge in [0, 0.05) is 12.4 Å². The van der Waals surface area contributed by atoms with E-state index in [-0.39, 0.29) is 0 Å². The minimum Gasteiger partial charge on any atom is -0.382 e. The van der Waals surface area contributed by atoms with E-state index in [1.165, 1.54) is 12.8 Å². The van der Waals surface area contributed by atoms with Gasteiger partial charge in [-0.15, -0.1) is 0 Å². The number of halogens is 1. The third-order valence-corrected chi connectivity index (χ3v) is 2.62. The van der Waals surface area contributed by atoms with E-state index in [9.17, 15) is 0 Å². The van der Waals surface area contributed by atoms with Crippen LogP contribution >= 0.6 is 15.9 Å². The number of hydrogen-bond donors (Lipinski definition) is 0. The lowest BCUT2D eigenvalue weighted by Gasteiger charge is -2.12. The van der Waals surface area contributed by atoms with Crippen LogP contribution in [0.3, 0.4) is 0 Å². The van der Waals surface area contributed by atoms with Crippen molar-refractivity contribution >= 4 is 15.9 Å². The van der Waals surface area contributed by atoms with E-state index < -0.39 is 0 Å². The Morgan fingerprint density at radius 1 is 1.33 bits per heavy atom. The topological polar surface area (TPSA) is 18.5 Å². The average molecular weight is 239 g/mol. The summed E-state index contributed by atoms with van der Waals surface area (Å²) in [5.74, 6) is 0.659. The highest BCUT2D eigenvalue weighted by Crippen LogP contribution is 2.09. The number of ether oxygens (including phenoxy) is 2. The molecule has 0 aliphatic heterocycles. The Balaban J connectivity index is 3.19. The molecule has 0 heterocycles. The molecule has 0 saturated carbocycles. The highest BCUT2D eigenvalue weighted by atomic mass is 79.9. The van der Waals surface area contributed by atoms with Gasteiger partial charge in [0.1, 0.15) is 0 Å². The lowest BCUT2D eigenvalue weighted by atomic mass is 10.1. The summed E-state index contributed by atoms with van der Waals surface area (Å²) in [7, 11) is 1.69. The van der Waals surface area contributed by atoms with Crippen molar-refractivity contribution in [2.75, 3.05) is 32.3 Å². The molecule has 0 aromatic heterocycles. The second kappa shape index (κ2) is 9.49. The maximum Gasteiger partial charge on any atom is 0.0700 e. The van der Waals surface area contributed by atoms with E-state index in [4.69, 9.17) is 9.47 Å². The van der Waals surface area contributed by atoms with Crippen LogP contribution in [0.5, 0.6) is 0 Å². The Hall–Kier alpha value is 0.400. The largest absolute Gasteiger partial charge is 0.382 e. The zero-order valence-corrected chi connectivity index (χ0v) is 9.60. The van der Waals surface area contributed by atoms with Gasteiger partial charge in [0.2, 0.25) is 0 Å². The Labute approximate surface area is 83.8 Å². The van der Waals surface area contributed by atoms with Crippen molar-refractivity contribution in [1.82, 2.24) is 0 Å². The van der Waals surface area contributed by atoms with Crippen LogP contribution in [-0.4, -0.2) is 32.3 Å². The third kappa shape index (κ3) is 7.07. The Morgan fingerprint density at radius 3 is 2.58 bits per heavy atom. The van der Waals surface area contributed by atoms with Crippen molar-refractivity contribution in [2.24, 2.45) is 5.92 Å². The van der Waals surface area contributed by atoms with Crippen LogP contribution in [0.15, 0.2) is 0 Å². The minimum absolute atomic E-state index is 0.659. The number of alkyl halides is 1. The van der Waals surface area contributed by atoms with Crippen molar-refractivity contribution in [3.63, 3.8) is 0 Å². The van der Waals surface area contributed by atoms with Gasteiger partial charge in [0.15, 0.2) is 0 Å². The minimum atomic E-state index is 0.659. The molecule has 3 heteroatoms. The zero-order chi connectivity index (χ0) is 9.23. The highest BCUT2D eigenvalue weighted by molar-refractivity contribution is 9.09. The molecular weight excluding hydrogens is 220 g/mol. The van der Waals surface area contributed by atoms with Gasteiger partial charge in [-0.05, 0) is 12.3 Å². The number of rotatable bonds is 8. The lowest BCUT2D eigenvalue weighted by molar-refractivity contribution is 0.0538. The van der Waals surface area contributed by atoms with Gasteiger partial charge in [0.25, 0.3) is 0 Å². The monoisotopic (exact) mass is 238 g/mol. The fourth-order valence-electron chi connectivity index (χ4n) is 1.01. The van der Waals surface area contributed by atoms with Gasteiger partial charge in [-0.25, -0.2) is 0 Å². The van der Waals surface area contributed by atoms with E-state index in [0.717, 1.165) is 11.9 Å². The molecule has 0 aromatic rings. The van der Waals surface area contributed by atoms with Crippen molar-refractivity contribution in [3.8, 4) is 0 Å². The van der Waals surface area contributed by atoms with Crippen LogP contribution < -0.4 is 0 Å². The van der Waals surface area contributed by atoms with E-state index in [1.54, 1.807) is 7.11 Å². The fourth-order valence-corrected chi connectivity index (χ4v) is 1.52. The van der Waals surface area contributed by atoms with E-state index in [1.807, 2.05) is 0 Å². The first-order valence-corrected chi connectivity index (χ1v) is 5.59. The summed E-state index contributed by atoms with van der Waals surface area (Å²) >= 11 is 3.47. The molecule has 12 heavy (non-hydrogen) atoms. The zero-order valence-electron chi connectivity index (χ0n) is 8.01. The van der Waals surface area contributed by atoms with Crippen LogP contribution in [0.25, 0.3) is 0 Å². The summed E-state index contributed by atoms with van der Waals surface area (Å²) < 4.78 is 10.3. The molecule has 74 valence electrons. The Bertz CT molecular complexity index is 88.6. The van der Waals surface area contributed by atoms with Crippen LogP contribution in [0.1, 0.15) is 19.8 Å². The predicted octanol–water partition coefficient (Wildman–Crippen LogP) is 2.46. The number of methoxy groups -OCH3 is 1. The molecule has 0 fully saturated rings. The van der Waals surface area contributed by atoms with Gasteiger partial charge in [-0.3, -0.25) is 0 Å². The third-order valence-electron chi connectivity index (χ3n) is 1.70. The highest BCUT2D eigenvalue weighted by Gasteiger charge is 2.04. The van der Waals surface area contributed by atoms with Gasteiger partial charge in [-0.1, -0.05) is 29.3 Å². The first-order valence-electron chi connectivity index (χ1n) is 4.47. The van der Waals surface area contributed by atoms with Crippen LogP contribution in [0.2, 0.25) is 0 Å². The molecule has 0 rings (SSSR count).